The second-order valence-corrected chi connectivity index (χ2v) is 5.29. The Balaban J connectivity index is 0.00000161. The molecule has 3 heteroatoms. The molecule has 1 aliphatic heterocycles. The largest absolute Gasteiger partial charge is 1.00 e. The highest BCUT2D eigenvalue weighted by Crippen LogP contribution is 2.26. The summed E-state index contributed by atoms with van der Waals surface area (Å²) in [6.07, 6.45) is 2.60. The summed E-state index contributed by atoms with van der Waals surface area (Å²) in [5.74, 6) is 0.952. The van der Waals surface area contributed by atoms with Crippen molar-refractivity contribution in [3.63, 3.8) is 0 Å². The van der Waals surface area contributed by atoms with Crippen LogP contribution in [0.5, 0.6) is 5.75 Å². The van der Waals surface area contributed by atoms with Gasteiger partial charge in [-0.1, -0.05) is 48.5 Å². The van der Waals surface area contributed by atoms with Crippen LogP contribution in [0.4, 0.5) is 0 Å². The molecule has 1 aliphatic rings. The number of nitrogens with zero attached hydrogens (tertiary/aromatic N) is 1. The Morgan fingerprint density at radius 2 is 1.43 bits per heavy atom. The highest BCUT2D eigenvalue weighted by molar-refractivity contribution is 5.23. The van der Waals surface area contributed by atoms with Crippen LogP contribution in [0.15, 0.2) is 60.7 Å². The van der Waals surface area contributed by atoms with E-state index in [1.807, 2.05) is 30.3 Å². The molecular weight excluding hydrogens is 282 g/mol. The molecule has 0 bridgehead atoms. The molecule has 1 atom stereocenters. The van der Waals surface area contributed by atoms with E-state index in [-0.39, 0.29) is 12.4 Å². The van der Waals surface area contributed by atoms with Crippen molar-refractivity contribution in [3.8, 4) is 5.75 Å². The summed E-state index contributed by atoms with van der Waals surface area (Å²) in [7, 11) is 0. The van der Waals surface area contributed by atoms with E-state index in [1.165, 1.54) is 31.5 Å². The van der Waals surface area contributed by atoms with Crippen molar-refractivity contribution < 1.29 is 17.1 Å². The second-order valence-electron chi connectivity index (χ2n) is 5.29. The van der Waals surface area contributed by atoms with Crippen LogP contribution in [0.1, 0.15) is 24.4 Å². The first-order chi connectivity index (χ1) is 9.93. The van der Waals surface area contributed by atoms with Gasteiger partial charge in [0.15, 0.2) is 0 Å². The fourth-order valence-electron chi connectivity index (χ4n) is 2.83. The van der Waals surface area contributed by atoms with Crippen LogP contribution in [-0.4, -0.2) is 24.6 Å². The molecule has 0 amide bonds. The number of hydrogen-bond acceptors (Lipinski definition) is 2. The van der Waals surface area contributed by atoms with Crippen LogP contribution >= 0.6 is 0 Å². The molecule has 2 aromatic rings. The zero-order valence-electron chi connectivity index (χ0n) is 12.1. The third-order valence-electron chi connectivity index (χ3n) is 3.92. The molecule has 0 N–H and O–H groups in total. The smallest absolute Gasteiger partial charge is 0.119 e. The van der Waals surface area contributed by atoms with Crippen LogP contribution in [0, 0.1) is 0 Å². The normalized spacial score (nSPS) is 16.2. The first-order valence-corrected chi connectivity index (χ1v) is 7.40. The molecule has 3 rings (SSSR count). The second kappa shape index (κ2) is 8.06. The van der Waals surface area contributed by atoms with Crippen LogP contribution in [-0.2, 0) is 0 Å². The van der Waals surface area contributed by atoms with Gasteiger partial charge in [-0.25, -0.2) is 0 Å². The number of para-hydroxylation sites is 1. The Hall–Kier alpha value is -1.51. The molecule has 0 radical (unpaired) electrons. The molecule has 1 saturated heterocycles. The van der Waals surface area contributed by atoms with Gasteiger partial charge in [-0.15, -0.1) is 0 Å². The lowest BCUT2D eigenvalue weighted by atomic mass is 10.1. The maximum atomic E-state index is 5.99. The number of likely N-dealkylation sites (tertiary alicyclic amines) is 1. The van der Waals surface area contributed by atoms with Crippen molar-refractivity contribution in [3.05, 3.63) is 66.2 Å². The predicted octanol–water partition coefficient (Wildman–Crippen LogP) is 0.906. The number of rotatable bonds is 5. The molecule has 0 aromatic heterocycles. The van der Waals surface area contributed by atoms with E-state index in [2.05, 4.69) is 35.2 Å². The maximum absolute atomic E-state index is 5.99. The average Bonchev–Trinajstić information content (AvgIpc) is 3.04. The maximum Gasteiger partial charge on any atom is 0.119 e. The third-order valence-corrected chi connectivity index (χ3v) is 3.92. The standard InChI is InChI=1S/C18H21NO.ClH/c1-3-9-16(10-4-1)18(19-13-7-8-14-19)15-20-17-11-5-2-6-12-17;/h1-6,9-12,18H,7-8,13-15H2;1H/p-1. The molecule has 1 fully saturated rings. The van der Waals surface area contributed by atoms with Crippen molar-refractivity contribution in [2.75, 3.05) is 19.7 Å². The van der Waals surface area contributed by atoms with E-state index >= 15 is 0 Å². The summed E-state index contributed by atoms with van der Waals surface area (Å²) in [4.78, 5) is 2.54. The number of ether oxygens (including phenoxy) is 1. The summed E-state index contributed by atoms with van der Waals surface area (Å²) in [6, 6.07) is 21.2. The van der Waals surface area contributed by atoms with E-state index in [1.54, 1.807) is 0 Å². The fourth-order valence-corrected chi connectivity index (χ4v) is 2.83. The van der Waals surface area contributed by atoms with Gasteiger partial charge < -0.3 is 17.1 Å². The van der Waals surface area contributed by atoms with Gasteiger partial charge in [0.2, 0.25) is 0 Å². The van der Waals surface area contributed by atoms with Gasteiger partial charge in [0.05, 0.1) is 6.04 Å². The van der Waals surface area contributed by atoms with Crippen molar-refractivity contribution in [1.82, 2.24) is 4.90 Å². The van der Waals surface area contributed by atoms with E-state index in [0.717, 1.165) is 5.75 Å². The van der Waals surface area contributed by atoms with E-state index in [0.29, 0.717) is 12.6 Å². The van der Waals surface area contributed by atoms with Gasteiger partial charge in [0, 0.05) is 0 Å². The summed E-state index contributed by atoms with van der Waals surface area (Å²) in [6.45, 7) is 3.07. The molecule has 1 unspecified atom stereocenters. The molecule has 2 nitrogen and oxygen atoms in total. The minimum absolute atomic E-state index is 0. The average molecular weight is 303 g/mol. The Morgan fingerprint density at radius 1 is 0.857 bits per heavy atom. The third kappa shape index (κ3) is 4.23. The summed E-state index contributed by atoms with van der Waals surface area (Å²) in [5, 5.41) is 0. The molecular formula is C18H21ClNO-. The van der Waals surface area contributed by atoms with Gasteiger partial charge in [0.25, 0.3) is 0 Å². The van der Waals surface area contributed by atoms with Crippen LogP contribution in [0.3, 0.4) is 0 Å². The van der Waals surface area contributed by atoms with Crippen LogP contribution in [0.2, 0.25) is 0 Å². The van der Waals surface area contributed by atoms with E-state index in [4.69, 9.17) is 4.74 Å². The molecule has 0 spiro atoms. The van der Waals surface area contributed by atoms with E-state index < -0.39 is 0 Å². The highest BCUT2D eigenvalue weighted by atomic mass is 35.5. The Labute approximate surface area is 133 Å². The highest BCUT2D eigenvalue weighted by Gasteiger charge is 2.23. The number of hydrogen-bond donors (Lipinski definition) is 0. The van der Waals surface area contributed by atoms with Gasteiger partial charge in [-0.3, -0.25) is 4.90 Å². The van der Waals surface area contributed by atoms with Crippen LogP contribution in [0.25, 0.3) is 0 Å². The van der Waals surface area contributed by atoms with Gasteiger partial charge >= 0.3 is 0 Å². The summed E-state index contributed by atoms with van der Waals surface area (Å²) >= 11 is 0. The summed E-state index contributed by atoms with van der Waals surface area (Å²) < 4.78 is 5.99. The molecule has 2 aromatic carbocycles. The van der Waals surface area contributed by atoms with Crippen molar-refractivity contribution in [1.29, 1.82) is 0 Å². The first kappa shape index (κ1) is 15.9. The Bertz CT molecular complexity index is 511. The van der Waals surface area contributed by atoms with E-state index in [9.17, 15) is 0 Å². The zero-order valence-corrected chi connectivity index (χ0v) is 12.9. The van der Waals surface area contributed by atoms with Gasteiger partial charge in [-0.2, -0.15) is 0 Å². The minimum Gasteiger partial charge on any atom is -1.00 e. The molecule has 112 valence electrons. The Kier molecular flexibility index (Phi) is 6.09. The van der Waals surface area contributed by atoms with Gasteiger partial charge in [0.1, 0.15) is 12.4 Å². The molecule has 21 heavy (non-hydrogen) atoms. The SMILES string of the molecule is [Cl-].c1ccc(OCC(c2ccccc2)N2CCCC2)cc1. The zero-order chi connectivity index (χ0) is 13.6. The first-order valence-electron chi connectivity index (χ1n) is 7.40. The lowest BCUT2D eigenvalue weighted by Gasteiger charge is -2.28. The lowest BCUT2D eigenvalue weighted by molar-refractivity contribution is -0.00000449. The van der Waals surface area contributed by atoms with Gasteiger partial charge in [-0.05, 0) is 43.6 Å². The minimum atomic E-state index is 0. The Morgan fingerprint density at radius 3 is 2.05 bits per heavy atom. The van der Waals surface area contributed by atoms with Crippen molar-refractivity contribution >= 4 is 0 Å². The topological polar surface area (TPSA) is 12.5 Å². The quantitative estimate of drug-likeness (QED) is 0.814. The number of benzene rings is 2. The van der Waals surface area contributed by atoms with Crippen molar-refractivity contribution in [2.45, 2.75) is 18.9 Å². The fraction of sp³-hybridized carbons (Fsp3) is 0.333. The predicted molar refractivity (Wildman–Crippen MR) is 81.9 cm³/mol. The molecule has 0 saturated carbocycles. The molecule has 0 aliphatic carbocycles. The lowest BCUT2D eigenvalue weighted by Crippen LogP contribution is -3.00. The monoisotopic (exact) mass is 302 g/mol. The molecule has 1 heterocycles. The van der Waals surface area contributed by atoms with Crippen LogP contribution < -0.4 is 17.1 Å². The number of halogens is 1. The van der Waals surface area contributed by atoms with Crippen molar-refractivity contribution in [2.24, 2.45) is 0 Å². The summed E-state index contributed by atoms with van der Waals surface area (Å²) in [5.41, 5.74) is 1.35.